The average Bonchev–Trinajstić information content (AvgIpc) is 2.92. The van der Waals surface area contributed by atoms with E-state index in [1.165, 1.54) is 0 Å². The molecule has 0 spiro atoms. The molecular formula is C29H31N3O3. The lowest BCUT2D eigenvalue weighted by Crippen LogP contribution is -2.45. The lowest BCUT2D eigenvalue weighted by Gasteiger charge is -2.35. The van der Waals surface area contributed by atoms with E-state index in [0.29, 0.717) is 19.0 Å². The molecule has 3 aromatic rings. The third-order valence-electron chi connectivity index (χ3n) is 6.98. The van der Waals surface area contributed by atoms with Gasteiger partial charge in [0.25, 0.3) is 11.8 Å². The summed E-state index contributed by atoms with van der Waals surface area (Å²) >= 11 is 0. The van der Waals surface area contributed by atoms with Crippen molar-refractivity contribution in [1.29, 1.82) is 0 Å². The Morgan fingerprint density at radius 2 is 1.60 bits per heavy atom. The fourth-order valence-corrected chi connectivity index (χ4v) is 5.04. The van der Waals surface area contributed by atoms with Crippen LogP contribution in [0.15, 0.2) is 78.9 Å². The van der Waals surface area contributed by atoms with Crippen LogP contribution in [-0.2, 0) is 11.3 Å². The van der Waals surface area contributed by atoms with E-state index < -0.39 is 0 Å². The van der Waals surface area contributed by atoms with Crippen LogP contribution in [0.1, 0.15) is 40.2 Å². The largest absolute Gasteiger partial charge is 0.482 e. The Labute approximate surface area is 206 Å². The highest BCUT2D eigenvalue weighted by Gasteiger charge is 2.28. The standard InChI is InChI=1S/C29H31N3O3/c33-28-21-35-27-13-7-6-12-26(27)32(28)19-18-31-16-14-23(15-17-31)24-10-4-5-11-25(24)29(34)30-20-22-8-2-1-3-9-22/h1-13,23H,14-21H2,(H,30,34). The summed E-state index contributed by atoms with van der Waals surface area (Å²) in [6.07, 6.45) is 1.99. The Kier molecular flexibility index (Phi) is 7.09. The molecule has 0 aromatic heterocycles. The van der Waals surface area contributed by atoms with E-state index in [1.807, 2.05) is 77.7 Å². The molecule has 35 heavy (non-hydrogen) atoms. The van der Waals surface area contributed by atoms with E-state index in [1.54, 1.807) is 0 Å². The summed E-state index contributed by atoms with van der Waals surface area (Å²) in [5, 5.41) is 3.08. The van der Waals surface area contributed by atoms with Gasteiger partial charge in [0.2, 0.25) is 0 Å². The molecule has 180 valence electrons. The Bertz CT molecular complexity index is 1170. The van der Waals surface area contributed by atoms with Crippen LogP contribution in [0.5, 0.6) is 5.75 Å². The highest BCUT2D eigenvalue weighted by Crippen LogP contribution is 2.33. The zero-order chi connectivity index (χ0) is 24.0. The number of carbonyl (C=O) groups is 2. The molecule has 0 aliphatic carbocycles. The molecule has 5 rings (SSSR count). The van der Waals surface area contributed by atoms with Gasteiger partial charge < -0.3 is 19.9 Å². The van der Waals surface area contributed by atoms with E-state index in [9.17, 15) is 9.59 Å². The highest BCUT2D eigenvalue weighted by molar-refractivity contribution is 5.98. The number of piperidine rings is 1. The molecule has 6 heteroatoms. The summed E-state index contributed by atoms with van der Waals surface area (Å²) in [4.78, 5) is 29.7. The van der Waals surface area contributed by atoms with Gasteiger partial charge in [-0.1, -0.05) is 60.7 Å². The minimum atomic E-state index is -0.0172. The summed E-state index contributed by atoms with van der Waals surface area (Å²) in [6.45, 7) is 4.00. The number of hydrogen-bond donors (Lipinski definition) is 1. The smallest absolute Gasteiger partial charge is 0.265 e. The van der Waals surface area contributed by atoms with Crippen LogP contribution in [0, 0.1) is 0 Å². The molecule has 0 bridgehead atoms. The van der Waals surface area contributed by atoms with Gasteiger partial charge in [0, 0.05) is 25.2 Å². The van der Waals surface area contributed by atoms with Crippen LogP contribution in [0.25, 0.3) is 0 Å². The monoisotopic (exact) mass is 469 g/mol. The summed E-state index contributed by atoms with van der Waals surface area (Å²) in [6, 6.07) is 25.7. The first-order valence-electron chi connectivity index (χ1n) is 12.3. The molecule has 6 nitrogen and oxygen atoms in total. The van der Waals surface area contributed by atoms with Crippen molar-refractivity contribution < 1.29 is 14.3 Å². The fourth-order valence-electron chi connectivity index (χ4n) is 5.04. The van der Waals surface area contributed by atoms with Crippen molar-refractivity contribution in [3.05, 3.63) is 95.6 Å². The molecule has 0 atom stereocenters. The molecular weight excluding hydrogens is 438 g/mol. The van der Waals surface area contributed by atoms with Crippen molar-refractivity contribution in [2.24, 2.45) is 0 Å². The molecule has 1 fully saturated rings. The maximum atomic E-state index is 13.0. The number of para-hydroxylation sites is 2. The maximum absolute atomic E-state index is 13.0. The quantitative estimate of drug-likeness (QED) is 0.563. The Morgan fingerprint density at radius 1 is 0.886 bits per heavy atom. The van der Waals surface area contributed by atoms with Crippen LogP contribution in [0.3, 0.4) is 0 Å². The van der Waals surface area contributed by atoms with Crippen molar-refractivity contribution in [2.45, 2.75) is 25.3 Å². The Morgan fingerprint density at radius 3 is 2.43 bits per heavy atom. The number of fused-ring (bicyclic) bond motifs is 1. The maximum Gasteiger partial charge on any atom is 0.265 e. The SMILES string of the molecule is O=C(NCc1ccccc1)c1ccccc1C1CCN(CCN2C(=O)COc3ccccc32)CC1. The second kappa shape index (κ2) is 10.7. The first-order valence-corrected chi connectivity index (χ1v) is 12.3. The van der Waals surface area contributed by atoms with Gasteiger partial charge >= 0.3 is 0 Å². The molecule has 0 radical (unpaired) electrons. The first-order chi connectivity index (χ1) is 17.2. The van der Waals surface area contributed by atoms with Crippen LogP contribution in [0.4, 0.5) is 5.69 Å². The number of nitrogens with one attached hydrogen (secondary N) is 1. The number of benzene rings is 3. The molecule has 3 aromatic carbocycles. The van der Waals surface area contributed by atoms with Crippen LogP contribution >= 0.6 is 0 Å². The second-order valence-corrected chi connectivity index (χ2v) is 9.17. The zero-order valence-corrected chi connectivity index (χ0v) is 19.9. The number of anilines is 1. The summed E-state index contributed by atoms with van der Waals surface area (Å²) in [5.74, 6) is 1.12. The number of amides is 2. The summed E-state index contributed by atoms with van der Waals surface area (Å²) in [5.41, 5.74) is 3.86. The van der Waals surface area contributed by atoms with Crippen LogP contribution in [0.2, 0.25) is 0 Å². The molecule has 2 amide bonds. The molecule has 1 N–H and O–H groups in total. The van der Waals surface area contributed by atoms with Gasteiger partial charge in [-0.15, -0.1) is 0 Å². The van der Waals surface area contributed by atoms with E-state index in [4.69, 9.17) is 4.74 Å². The van der Waals surface area contributed by atoms with E-state index in [0.717, 1.165) is 60.6 Å². The zero-order valence-electron chi connectivity index (χ0n) is 19.9. The molecule has 0 unspecified atom stereocenters. The number of nitrogens with zero attached hydrogens (tertiary/aromatic N) is 2. The number of rotatable bonds is 7. The Hall–Kier alpha value is -3.64. The number of carbonyl (C=O) groups excluding carboxylic acids is 2. The van der Waals surface area contributed by atoms with Crippen molar-refractivity contribution >= 4 is 17.5 Å². The lowest BCUT2D eigenvalue weighted by molar-refractivity contribution is -0.121. The topological polar surface area (TPSA) is 61.9 Å². The van der Waals surface area contributed by atoms with Crippen molar-refractivity contribution in [1.82, 2.24) is 10.2 Å². The fraction of sp³-hybridized carbons (Fsp3) is 0.310. The molecule has 0 saturated carbocycles. The van der Waals surface area contributed by atoms with Crippen molar-refractivity contribution in [3.8, 4) is 5.75 Å². The van der Waals surface area contributed by atoms with E-state index in [2.05, 4.69) is 16.3 Å². The predicted molar refractivity (Wildman–Crippen MR) is 137 cm³/mol. The average molecular weight is 470 g/mol. The van der Waals surface area contributed by atoms with Crippen LogP contribution in [-0.4, -0.2) is 49.5 Å². The van der Waals surface area contributed by atoms with Gasteiger partial charge in [0.15, 0.2) is 6.61 Å². The van der Waals surface area contributed by atoms with Crippen molar-refractivity contribution in [2.75, 3.05) is 37.7 Å². The van der Waals surface area contributed by atoms with Gasteiger partial charge in [-0.2, -0.15) is 0 Å². The van der Waals surface area contributed by atoms with Crippen molar-refractivity contribution in [3.63, 3.8) is 0 Å². The third kappa shape index (κ3) is 5.38. The predicted octanol–water partition coefficient (Wildman–Crippen LogP) is 4.22. The number of hydrogen-bond acceptors (Lipinski definition) is 4. The van der Waals surface area contributed by atoms with Crippen LogP contribution < -0.4 is 15.0 Å². The molecule has 2 aliphatic heterocycles. The normalized spacial score (nSPS) is 16.5. The number of likely N-dealkylation sites (tertiary alicyclic amines) is 1. The van der Waals surface area contributed by atoms with Gasteiger partial charge in [0.05, 0.1) is 5.69 Å². The molecule has 1 saturated heterocycles. The lowest BCUT2D eigenvalue weighted by atomic mass is 9.86. The highest BCUT2D eigenvalue weighted by atomic mass is 16.5. The minimum Gasteiger partial charge on any atom is -0.482 e. The van der Waals surface area contributed by atoms with Gasteiger partial charge in [0.1, 0.15) is 5.75 Å². The molecule has 2 aliphatic rings. The number of ether oxygens (including phenoxy) is 1. The first kappa shape index (κ1) is 23.1. The second-order valence-electron chi connectivity index (χ2n) is 9.17. The van der Waals surface area contributed by atoms with Gasteiger partial charge in [-0.25, -0.2) is 0 Å². The van der Waals surface area contributed by atoms with Gasteiger partial charge in [-0.05, 0) is 61.2 Å². The van der Waals surface area contributed by atoms with E-state index >= 15 is 0 Å². The minimum absolute atomic E-state index is 0.00836. The third-order valence-corrected chi connectivity index (χ3v) is 6.98. The van der Waals surface area contributed by atoms with Gasteiger partial charge in [-0.3, -0.25) is 9.59 Å². The Balaban J connectivity index is 1.17. The van der Waals surface area contributed by atoms with E-state index in [-0.39, 0.29) is 18.4 Å². The summed E-state index contributed by atoms with van der Waals surface area (Å²) in [7, 11) is 0. The summed E-state index contributed by atoms with van der Waals surface area (Å²) < 4.78 is 5.56. The molecule has 2 heterocycles.